The molecule has 112 valence electrons. The lowest BCUT2D eigenvalue weighted by Gasteiger charge is -2.35. The van der Waals surface area contributed by atoms with Gasteiger partial charge in [-0.2, -0.15) is 0 Å². The molecule has 4 heteroatoms. The van der Waals surface area contributed by atoms with Crippen LogP contribution in [0.1, 0.15) is 58.8 Å². The fraction of sp³-hybridized carbons (Fsp3) is 0.933. The van der Waals surface area contributed by atoms with Gasteiger partial charge in [0.15, 0.2) is 0 Å². The van der Waals surface area contributed by atoms with Gasteiger partial charge in [-0.3, -0.25) is 4.79 Å². The van der Waals surface area contributed by atoms with Gasteiger partial charge in [-0.25, -0.2) is 0 Å². The van der Waals surface area contributed by atoms with Crippen molar-refractivity contribution in [2.24, 2.45) is 0 Å². The Morgan fingerprint density at radius 3 is 2.58 bits per heavy atom. The molecule has 1 fully saturated rings. The Balaban J connectivity index is 2.21. The van der Waals surface area contributed by atoms with Crippen LogP contribution in [0.3, 0.4) is 0 Å². The van der Waals surface area contributed by atoms with Gasteiger partial charge in [0.1, 0.15) is 5.54 Å². The third-order valence-corrected chi connectivity index (χ3v) is 4.37. The highest BCUT2D eigenvalue weighted by Gasteiger charge is 2.31. The molecular formula is C15H30N2O2. The monoisotopic (exact) mass is 270 g/mol. The summed E-state index contributed by atoms with van der Waals surface area (Å²) in [4.78, 5) is 13.8. The zero-order chi connectivity index (χ0) is 14.3. The molecular weight excluding hydrogens is 240 g/mol. The first-order valence-corrected chi connectivity index (χ1v) is 7.68. The smallest absolute Gasteiger partial charge is 0.323 e. The summed E-state index contributed by atoms with van der Waals surface area (Å²) < 4.78 is 0. The van der Waals surface area contributed by atoms with E-state index in [1.165, 1.54) is 19.3 Å². The maximum atomic E-state index is 11.3. The topological polar surface area (TPSA) is 52.6 Å². The number of hydrogen-bond donors (Lipinski definition) is 2. The molecule has 4 nitrogen and oxygen atoms in total. The van der Waals surface area contributed by atoms with Crippen LogP contribution in [0.5, 0.6) is 0 Å². The zero-order valence-corrected chi connectivity index (χ0v) is 12.7. The molecule has 1 aliphatic carbocycles. The second kappa shape index (κ2) is 7.85. The van der Waals surface area contributed by atoms with Crippen molar-refractivity contribution in [1.29, 1.82) is 0 Å². The van der Waals surface area contributed by atoms with Crippen molar-refractivity contribution >= 4 is 5.97 Å². The van der Waals surface area contributed by atoms with E-state index in [0.29, 0.717) is 6.42 Å². The average Bonchev–Trinajstić information content (AvgIpc) is 2.29. The molecule has 1 rings (SSSR count). The Kier molecular flexibility index (Phi) is 6.80. The van der Waals surface area contributed by atoms with Crippen LogP contribution in [0.25, 0.3) is 0 Å². The first-order chi connectivity index (χ1) is 8.99. The lowest BCUT2D eigenvalue weighted by Crippen LogP contribution is -2.49. The summed E-state index contributed by atoms with van der Waals surface area (Å²) in [5, 5.41) is 12.5. The number of nitrogens with zero attached hydrogens (tertiary/aromatic N) is 1. The minimum absolute atomic E-state index is 0.709. The number of carboxylic acids is 1. The van der Waals surface area contributed by atoms with Crippen molar-refractivity contribution in [3.05, 3.63) is 0 Å². The van der Waals surface area contributed by atoms with Crippen molar-refractivity contribution < 1.29 is 9.90 Å². The van der Waals surface area contributed by atoms with Gasteiger partial charge in [0.2, 0.25) is 0 Å². The van der Waals surface area contributed by atoms with Crippen molar-refractivity contribution in [3.63, 3.8) is 0 Å². The molecule has 0 bridgehead atoms. The van der Waals surface area contributed by atoms with Crippen LogP contribution in [-0.4, -0.2) is 47.7 Å². The number of rotatable bonds is 10. The molecule has 0 saturated heterocycles. The van der Waals surface area contributed by atoms with E-state index in [9.17, 15) is 9.90 Å². The number of carbonyl (C=O) groups is 1. The molecule has 0 aromatic heterocycles. The van der Waals surface area contributed by atoms with Gasteiger partial charge in [-0.1, -0.05) is 13.3 Å². The van der Waals surface area contributed by atoms with Crippen LogP contribution < -0.4 is 5.32 Å². The average molecular weight is 270 g/mol. The van der Waals surface area contributed by atoms with Gasteiger partial charge in [0.25, 0.3) is 0 Å². The molecule has 2 N–H and O–H groups in total. The molecule has 1 atom stereocenters. The van der Waals surface area contributed by atoms with Gasteiger partial charge in [0, 0.05) is 6.04 Å². The van der Waals surface area contributed by atoms with E-state index in [1.807, 2.05) is 0 Å². The van der Waals surface area contributed by atoms with Crippen molar-refractivity contribution in [3.8, 4) is 0 Å². The van der Waals surface area contributed by atoms with E-state index in [0.717, 1.165) is 38.4 Å². The first-order valence-electron chi connectivity index (χ1n) is 7.68. The minimum atomic E-state index is -0.759. The summed E-state index contributed by atoms with van der Waals surface area (Å²) in [6.07, 6.45) is 7.77. The molecule has 19 heavy (non-hydrogen) atoms. The SMILES string of the molecule is CCCNC(C)(CCCCN(C)C1CCC1)C(=O)O. The molecule has 0 spiro atoms. The molecule has 0 aromatic rings. The Hall–Kier alpha value is -0.610. The molecule has 0 heterocycles. The normalized spacial score (nSPS) is 19.2. The quantitative estimate of drug-likeness (QED) is 0.599. The number of aliphatic carboxylic acids is 1. The number of nitrogens with one attached hydrogen (secondary N) is 1. The maximum absolute atomic E-state index is 11.3. The summed E-state index contributed by atoms with van der Waals surface area (Å²) in [5.74, 6) is -0.728. The van der Waals surface area contributed by atoms with Crippen LogP contribution in [0.15, 0.2) is 0 Å². The van der Waals surface area contributed by atoms with E-state index >= 15 is 0 Å². The van der Waals surface area contributed by atoms with E-state index in [1.54, 1.807) is 6.92 Å². The Morgan fingerprint density at radius 1 is 1.42 bits per heavy atom. The number of carboxylic acid groups (broad SMARTS) is 1. The molecule has 1 aliphatic rings. The van der Waals surface area contributed by atoms with E-state index in [-0.39, 0.29) is 0 Å². The van der Waals surface area contributed by atoms with Crippen molar-refractivity contribution in [2.75, 3.05) is 20.1 Å². The van der Waals surface area contributed by atoms with Crippen LogP contribution in [0, 0.1) is 0 Å². The third-order valence-electron chi connectivity index (χ3n) is 4.37. The van der Waals surface area contributed by atoms with Gasteiger partial charge in [-0.15, -0.1) is 0 Å². The molecule has 1 saturated carbocycles. The largest absolute Gasteiger partial charge is 0.480 e. The lowest BCUT2D eigenvalue weighted by atomic mass is 9.91. The van der Waals surface area contributed by atoms with E-state index < -0.39 is 11.5 Å². The second-order valence-corrected chi connectivity index (χ2v) is 6.09. The highest BCUT2D eigenvalue weighted by Crippen LogP contribution is 2.24. The summed E-state index contributed by atoms with van der Waals surface area (Å²) >= 11 is 0. The Bertz CT molecular complexity index is 279. The fourth-order valence-corrected chi connectivity index (χ4v) is 2.52. The van der Waals surface area contributed by atoms with Gasteiger partial charge >= 0.3 is 5.97 Å². The summed E-state index contributed by atoms with van der Waals surface area (Å²) in [5.41, 5.74) is -0.759. The summed E-state index contributed by atoms with van der Waals surface area (Å²) in [6, 6.07) is 0.782. The molecule has 0 aromatic carbocycles. The zero-order valence-electron chi connectivity index (χ0n) is 12.7. The molecule has 1 unspecified atom stereocenters. The van der Waals surface area contributed by atoms with Crippen LogP contribution in [0.4, 0.5) is 0 Å². The lowest BCUT2D eigenvalue weighted by molar-refractivity contribution is -0.144. The Morgan fingerprint density at radius 2 is 2.11 bits per heavy atom. The van der Waals surface area contributed by atoms with E-state index in [4.69, 9.17) is 0 Å². The fourth-order valence-electron chi connectivity index (χ4n) is 2.52. The van der Waals surface area contributed by atoms with Crippen molar-refractivity contribution in [1.82, 2.24) is 10.2 Å². The first kappa shape index (κ1) is 16.4. The number of hydrogen-bond acceptors (Lipinski definition) is 3. The van der Waals surface area contributed by atoms with Crippen LogP contribution in [0.2, 0.25) is 0 Å². The van der Waals surface area contributed by atoms with Gasteiger partial charge < -0.3 is 15.3 Å². The molecule has 0 aliphatic heterocycles. The summed E-state index contributed by atoms with van der Waals surface area (Å²) in [6.45, 7) is 5.72. The minimum Gasteiger partial charge on any atom is -0.480 e. The van der Waals surface area contributed by atoms with E-state index in [2.05, 4.69) is 24.2 Å². The van der Waals surface area contributed by atoms with Crippen molar-refractivity contribution in [2.45, 2.75) is 70.4 Å². The predicted octanol–water partition coefficient (Wildman–Crippen LogP) is 2.48. The van der Waals surface area contributed by atoms with Crippen LogP contribution >= 0.6 is 0 Å². The maximum Gasteiger partial charge on any atom is 0.323 e. The predicted molar refractivity (Wildman–Crippen MR) is 78.5 cm³/mol. The summed E-state index contributed by atoms with van der Waals surface area (Å²) in [7, 11) is 2.19. The van der Waals surface area contributed by atoms with Crippen LogP contribution in [-0.2, 0) is 4.79 Å². The standard InChI is InChI=1S/C15H30N2O2/c1-4-11-16-15(2,14(18)19)10-5-6-12-17(3)13-8-7-9-13/h13,16H,4-12H2,1-3H3,(H,18,19). The highest BCUT2D eigenvalue weighted by atomic mass is 16.4. The highest BCUT2D eigenvalue weighted by molar-refractivity contribution is 5.78. The molecule has 0 radical (unpaired) electrons. The Labute approximate surface area is 117 Å². The second-order valence-electron chi connectivity index (χ2n) is 6.09. The number of unbranched alkanes of at least 4 members (excludes halogenated alkanes) is 1. The molecule has 0 amide bonds. The third kappa shape index (κ3) is 5.11. The van der Waals surface area contributed by atoms with Gasteiger partial charge in [-0.05, 0) is 65.6 Å². The van der Waals surface area contributed by atoms with Gasteiger partial charge in [0.05, 0.1) is 0 Å².